The molecule has 2 rings (SSSR count). The first kappa shape index (κ1) is 13.6. The number of carbonyl (C=O) groups is 1. The Balaban J connectivity index is 2.03. The number of rotatable bonds is 3. The number of nitrogens with zero attached hydrogens (tertiary/aromatic N) is 2. The number of H-pyrrole nitrogens is 1. The lowest BCUT2D eigenvalue weighted by Gasteiger charge is -2.31. The quantitative estimate of drug-likeness (QED) is 0.855. The van der Waals surface area contributed by atoms with E-state index in [1.165, 1.54) is 23.3 Å². The molecule has 1 aliphatic carbocycles. The van der Waals surface area contributed by atoms with E-state index < -0.39 is 11.2 Å². The van der Waals surface area contributed by atoms with E-state index in [1.54, 1.807) is 11.9 Å². The van der Waals surface area contributed by atoms with Gasteiger partial charge >= 0.3 is 5.69 Å². The smallest absolute Gasteiger partial charge is 0.328 e. The number of amides is 1. The van der Waals surface area contributed by atoms with Gasteiger partial charge in [0.05, 0.1) is 0 Å². The summed E-state index contributed by atoms with van der Waals surface area (Å²) in [6, 6.07) is 1.52. The van der Waals surface area contributed by atoms with Crippen LogP contribution in [0.3, 0.4) is 0 Å². The number of hydrogen-bond donors (Lipinski definition) is 1. The molecule has 1 fully saturated rings. The number of aromatic amines is 1. The van der Waals surface area contributed by atoms with Crippen LogP contribution in [0.5, 0.6) is 0 Å². The molecule has 104 valence electrons. The molecular weight excluding hydrogens is 246 g/mol. The van der Waals surface area contributed by atoms with Crippen molar-refractivity contribution in [3.8, 4) is 0 Å². The molecule has 1 N–H and O–H groups in total. The lowest BCUT2D eigenvalue weighted by atomic mass is 9.94. The summed E-state index contributed by atoms with van der Waals surface area (Å²) in [5, 5.41) is 0. The molecule has 19 heavy (non-hydrogen) atoms. The second kappa shape index (κ2) is 5.86. The molecule has 6 heteroatoms. The second-order valence-electron chi connectivity index (χ2n) is 5.03. The van der Waals surface area contributed by atoms with E-state index in [0.717, 1.165) is 25.7 Å². The molecule has 0 atom stereocenters. The molecule has 1 heterocycles. The zero-order valence-electron chi connectivity index (χ0n) is 11.1. The Morgan fingerprint density at radius 3 is 2.68 bits per heavy atom. The number of likely N-dealkylation sites (N-methyl/N-ethyl adjacent to an activating group) is 1. The Morgan fingerprint density at radius 1 is 1.37 bits per heavy atom. The van der Waals surface area contributed by atoms with E-state index in [4.69, 9.17) is 0 Å². The Bertz CT molecular complexity index is 555. The van der Waals surface area contributed by atoms with Crippen LogP contribution in [0.2, 0.25) is 0 Å². The van der Waals surface area contributed by atoms with Crippen LogP contribution in [0.15, 0.2) is 21.9 Å². The molecule has 1 saturated carbocycles. The maximum atomic E-state index is 12.1. The minimum atomic E-state index is -0.544. The third-order valence-corrected chi connectivity index (χ3v) is 3.72. The van der Waals surface area contributed by atoms with Crippen LogP contribution in [0.1, 0.15) is 32.1 Å². The van der Waals surface area contributed by atoms with Gasteiger partial charge in [0.25, 0.3) is 5.56 Å². The maximum Gasteiger partial charge on any atom is 0.328 e. The van der Waals surface area contributed by atoms with Crippen molar-refractivity contribution in [3.63, 3.8) is 0 Å². The molecule has 1 aromatic heterocycles. The lowest BCUT2D eigenvalue weighted by molar-refractivity contribution is -0.133. The molecular formula is C13H19N3O3. The van der Waals surface area contributed by atoms with Crippen molar-refractivity contribution < 1.29 is 4.79 Å². The van der Waals surface area contributed by atoms with Crippen LogP contribution >= 0.6 is 0 Å². The summed E-state index contributed by atoms with van der Waals surface area (Å²) in [6.07, 6.45) is 6.96. The minimum Gasteiger partial charge on any atom is -0.341 e. The number of carbonyl (C=O) groups excluding carboxylic acids is 1. The van der Waals surface area contributed by atoms with E-state index >= 15 is 0 Å². The van der Waals surface area contributed by atoms with Gasteiger partial charge in [0, 0.05) is 25.4 Å². The molecule has 0 spiro atoms. The average molecular weight is 265 g/mol. The number of nitrogens with one attached hydrogen (secondary N) is 1. The Morgan fingerprint density at radius 2 is 2.05 bits per heavy atom. The summed E-state index contributed by atoms with van der Waals surface area (Å²) in [5.41, 5.74) is -0.993. The molecule has 0 aliphatic heterocycles. The lowest BCUT2D eigenvalue weighted by Crippen LogP contribution is -2.42. The molecule has 0 aromatic carbocycles. The largest absolute Gasteiger partial charge is 0.341 e. The van der Waals surface area contributed by atoms with Crippen molar-refractivity contribution in [2.75, 3.05) is 7.05 Å². The van der Waals surface area contributed by atoms with E-state index in [2.05, 4.69) is 4.98 Å². The molecule has 0 bridgehead atoms. The fourth-order valence-corrected chi connectivity index (χ4v) is 2.50. The molecule has 1 aromatic rings. The Hall–Kier alpha value is -1.85. The van der Waals surface area contributed by atoms with E-state index in [1.807, 2.05) is 0 Å². The third-order valence-electron chi connectivity index (χ3n) is 3.72. The molecule has 1 amide bonds. The van der Waals surface area contributed by atoms with Gasteiger partial charge in [0.2, 0.25) is 5.91 Å². The Kier molecular flexibility index (Phi) is 4.19. The predicted octanol–water partition coefficient (Wildman–Crippen LogP) is 0.328. The monoisotopic (exact) mass is 265 g/mol. The van der Waals surface area contributed by atoms with Crippen molar-refractivity contribution in [1.29, 1.82) is 0 Å². The fraction of sp³-hybridized carbons (Fsp3) is 0.615. The van der Waals surface area contributed by atoms with Crippen molar-refractivity contribution in [1.82, 2.24) is 14.5 Å². The summed E-state index contributed by atoms with van der Waals surface area (Å²) in [5.74, 6) is -0.0963. The van der Waals surface area contributed by atoms with E-state index in [-0.39, 0.29) is 18.5 Å². The fourth-order valence-electron chi connectivity index (χ4n) is 2.50. The molecule has 0 radical (unpaired) electrons. The minimum absolute atomic E-state index is 0.0252. The van der Waals surface area contributed by atoms with Gasteiger partial charge in [-0.2, -0.15) is 0 Å². The van der Waals surface area contributed by atoms with Gasteiger partial charge in [-0.3, -0.25) is 19.1 Å². The normalized spacial score (nSPS) is 16.3. The van der Waals surface area contributed by atoms with Crippen molar-refractivity contribution in [2.45, 2.75) is 44.7 Å². The van der Waals surface area contributed by atoms with Gasteiger partial charge < -0.3 is 4.90 Å². The predicted molar refractivity (Wildman–Crippen MR) is 71.0 cm³/mol. The molecule has 1 aliphatic rings. The van der Waals surface area contributed by atoms with Gasteiger partial charge in [-0.1, -0.05) is 19.3 Å². The molecule has 0 saturated heterocycles. The van der Waals surface area contributed by atoms with Crippen molar-refractivity contribution in [3.05, 3.63) is 33.1 Å². The maximum absolute atomic E-state index is 12.1. The second-order valence-corrected chi connectivity index (χ2v) is 5.03. The van der Waals surface area contributed by atoms with Crippen LogP contribution in [-0.4, -0.2) is 33.4 Å². The van der Waals surface area contributed by atoms with Gasteiger partial charge in [-0.15, -0.1) is 0 Å². The van der Waals surface area contributed by atoms with Crippen LogP contribution in [0, 0.1) is 0 Å². The van der Waals surface area contributed by atoms with Gasteiger partial charge in [-0.05, 0) is 12.8 Å². The highest BCUT2D eigenvalue weighted by Gasteiger charge is 2.22. The highest BCUT2D eigenvalue weighted by Crippen LogP contribution is 2.21. The van der Waals surface area contributed by atoms with Crippen LogP contribution in [0.4, 0.5) is 0 Å². The zero-order valence-corrected chi connectivity index (χ0v) is 11.1. The number of aromatic nitrogens is 2. The first-order valence-corrected chi connectivity index (χ1v) is 6.63. The topological polar surface area (TPSA) is 75.2 Å². The first-order valence-electron chi connectivity index (χ1n) is 6.63. The van der Waals surface area contributed by atoms with Gasteiger partial charge in [0.15, 0.2) is 0 Å². The summed E-state index contributed by atoms with van der Waals surface area (Å²) < 4.78 is 1.23. The SMILES string of the molecule is CN(C(=O)Cn1ccc(=O)[nH]c1=O)C1CCCCC1. The number of hydrogen-bond acceptors (Lipinski definition) is 3. The Labute approximate surface area is 111 Å². The standard InChI is InChI=1S/C13H19N3O3/c1-15(10-5-3-2-4-6-10)12(18)9-16-8-7-11(17)14-13(16)19/h7-8,10H,2-6,9H2,1H3,(H,14,17,19). The van der Waals surface area contributed by atoms with Crippen LogP contribution in [0.25, 0.3) is 0 Å². The average Bonchev–Trinajstić information content (AvgIpc) is 2.42. The highest BCUT2D eigenvalue weighted by molar-refractivity contribution is 5.76. The van der Waals surface area contributed by atoms with Gasteiger partial charge in [-0.25, -0.2) is 4.79 Å². The summed E-state index contributed by atoms with van der Waals surface area (Å²) in [4.78, 5) is 38.5. The first-order chi connectivity index (χ1) is 9.08. The molecule has 6 nitrogen and oxygen atoms in total. The summed E-state index contributed by atoms with van der Waals surface area (Å²) in [7, 11) is 1.79. The summed E-state index contributed by atoms with van der Waals surface area (Å²) in [6.45, 7) is -0.0252. The highest BCUT2D eigenvalue weighted by atomic mass is 16.2. The molecule has 0 unspecified atom stereocenters. The summed E-state index contributed by atoms with van der Waals surface area (Å²) >= 11 is 0. The van der Waals surface area contributed by atoms with E-state index in [0.29, 0.717) is 0 Å². The van der Waals surface area contributed by atoms with Gasteiger partial charge in [0.1, 0.15) is 6.54 Å². The zero-order chi connectivity index (χ0) is 13.8. The van der Waals surface area contributed by atoms with Crippen LogP contribution in [-0.2, 0) is 11.3 Å². The van der Waals surface area contributed by atoms with Crippen molar-refractivity contribution in [2.24, 2.45) is 0 Å². The third kappa shape index (κ3) is 3.33. The van der Waals surface area contributed by atoms with E-state index in [9.17, 15) is 14.4 Å². The van der Waals surface area contributed by atoms with Crippen molar-refractivity contribution >= 4 is 5.91 Å². The van der Waals surface area contributed by atoms with Crippen LogP contribution < -0.4 is 11.2 Å².